The molecule has 69 heavy (non-hydrogen) atoms. The number of rotatable bonds is 8. The lowest BCUT2D eigenvalue weighted by molar-refractivity contribution is -0.0335. The maximum atomic E-state index is 14.4. The van der Waals surface area contributed by atoms with Crippen LogP contribution in [0.5, 0.6) is 0 Å². The van der Waals surface area contributed by atoms with E-state index in [2.05, 4.69) is 0 Å². The van der Waals surface area contributed by atoms with E-state index < -0.39 is 70.4 Å². The van der Waals surface area contributed by atoms with E-state index in [-0.39, 0.29) is 44.3 Å². The van der Waals surface area contributed by atoms with E-state index >= 15 is 0 Å². The zero-order valence-corrected chi connectivity index (χ0v) is 50.3. The van der Waals surface area contributed by atoms with Crippen LogP contribution in [0.2, 0.25) is 44.3 Å². The van der Waals surface area contributed by atoms with Crippen molar-refractivity contribution in [3.8, 4) is 0 Å². The Morgan fingerprint density at radius 1 is 0.174 bits per heavy atom. The van der Waals surface area contributed by atoms with Gasteiger partial charge in [-0.1, -0.05) is 154 Å². The van der Waals surface area contributed by atoms with Crippen molar-refractivity contribution in [3.63, 3.8) is 0 Å². The van der Waals surface area contributed by atoms with Gasteiger partial charge in [-0.15, -0.1) is 0 Å². The molecule has 0 radical (unpaired) electrons. The second kappa shape index (κ2) is 20.9. The van der Waals surface area contributed by atoms with Crippen LogP contribution in [-0.2, 0) is 45.3 Å². The highest BCUT2D eigenvalue weighted by Gasteiger charge is 2.85. The van der Waals surface area contributed by atoms with Gasteiger partial charge < -0.3 is 54.9 Å². The van der Waals surface area contributed by atoms with Crippen molar-refractivity contribution in [2.75, 3.05) is 0 Å². The molecular formula is C48H90O13Si8. The molecule has 8 saturated carbocycles. The zero-order valence-electron chi connectivity index (χ0n) is 42.3. The lowest BCUT2D eigenvalue weighted by Gasteiger charge is -2.65. The third-order valence-corrected chi connectivity index (χ3v) is 57.9. The Labute approximate surface area is 424 Å². The summed E-state index contributed by atoms with van der Waals surface area (Å²) in [6.45, 7) is 0. The van der Waals surface area contributed by atoms with Crippen LogP contribution in [0.25, 0.3) is 0 Å². The molecule has 8 aliphatic carbocycles. The summed E-state index contributed by atoms with van der Waals surface area (Å²) in [6, 6.07) is 0. The van der Waals surface area contributed by atoms with Gasteiger partial charge in [-0.3, -0.25) is 0 Å². The maximum absolute atomic E-state index is 14.4. The SMILES string of the molecule is O[Si@]1(C2CCCCC2)O[Si]2(C3CCCCC3)O[Si]3(C4CCCCC4)O[Si]4(C5CCCCC5)O[Si](C5CCCCC5)(O2)O[Si](C2CCCCC2)(O[Si](C2CCCCC2)(O3)O1)O[Si@](O)(C1CCCCC1)O4. The molecule has 7 aliphatic heterocycles. The molecule has 6 bridgehead atoms. The second-order valence-electron chi connectivity index (χ2n) is 24.7. The van der Waals surface area contributed by atoms with Gasteiger partial charge in [0, 0.05) is 44.3 Å². The van der Waals surface area contributed by atoms with Gasteiger partial charge in [0.1, 0.15) is 0 Å². The van der Waals surface area contributed by atoms with Gasteiger partial charge in [-0.2, -0.15) is 0 Å². The topological polar surface area (TPSA) is 142 Å². The molecular weight excluding hydrogens is 1010 g/mol. The Kier molecular flexibility index (Phi) is 15.4. The fourth-order valence-corrected chi connectivity index (χ4v) is 68.2. The molecule has 15 rings (SSSR count). The molecule has 8 atom stereocenters. The minimum atomic E-state index is -4.34. The van der Waals surface area contributed by atoms with Crippen LogP contribution in [0.4, 0.5) is 0 Å². The standard InChI is InChI=1S/C48H90O13Si8/c49-62(41-25-9-1-10-26-41)51-64(43-29-13-3-14-30-43)55-65(44-31-15-4-16-32-44)52-63(50,42-27-11-2-12-28-42)54-67(46-35-19-6-20-36-46)59-69(57-65,48-39-23-8-24-40-48)60-66(53-62,45-33-17-5-18-34-45)58-68(56-64,61-67)47-37-21-7-22-38-47/h41-50H,1-40H2/t62-,63+,64?,65?,66?,67?,68?,69?. The minimum Gasteiger partial charge on any atom is -0.390 e. The number of hydrogen-bond donors (Lipinski definition) is 2. The van der Waals surface area contributed by atoms with E-state index in [1.807, 2.05) is 0 Å². The highest BCUT2D eigenvalue weighted by Crippen LogP contribution is 2.64. The third kappa shape index (κ3) is 9.74. The predicted molar refractivity (Wildman–Crippen MR) is 277 cm³/mol. The summed E-state index contributed by atoms with van der Waals surface area (Å²) in [5.74, 6) is 0. The van der Waals surface area contributed by atoms with Crippen molar-refractivity contribution in [2.24, 2.45) is 0 Å². The molecule has 2 N–H and O–H groups in total. The second-order valence-corrected chi connectivity index (χ2v) is 50.0. The summed E-state index contributed by atoms with van der Waals surface area (Å²) in [6.07, 6.45) is 40.0. The van der Waals surface area contributed by atoms with E-state index in [1.165, 1.54) is 0 Å². The largest absolute Gasteiger partial charge is 0.486 e. The zero-order chi connectivity index (χ0) is 46.7. The minimum absolute atomic E-state index is 0.0680. The van der Waals surface area contributed by atoms with Crippen LogP contribution in [0, 0.1) is 0 Å². The molecule has 21 heteroatoms. The molecule has 7 saturated heterocycles. The fraction of sp³-hybridized carbons (Fsp3) is 1.00. The van der Waals surface area contributed by atoms with E-state index in [9.17, 15) is 9.59 Å². The molecule has 0 amide bonds. The lowest BCUT2D eigenvalue weighted by atomic mass is 10.0. The van der Waals surface area contributed by atoms with Crippen molar-refractivity contribution < 1.29 is 54.9 Å². The normalized spacial score (nSPS) is 46.3. The first-order valence-electron chi connectivity index (χ1n) is 29.8. The van der Waals surface area contributed by atoms with Crippen LogP contribution < -0.4 is 0 Å². The van der Waals surface area contributed by atoms with Gasteiger partial charge in [-0.05, 0) is 103 Å². The smallest absolute Gasteiger partial charge is 0.390 e. The van der Waals surface area contributed by atoms with Crippen LogP contribution in [0.15, 0.2) is 0 Å². The van der Waals surface area contributed by atoms with Gasteiger partial charge in [0.2, 0.25) is 0 Å². The van der Waals surface area contributed by atoms with Gasteiger partial charge in [0.15, 0.2) is 0 Å². The van der Waals surface area contributed by atoms with E-state index in [0.717, 1.165) is 257 Å². The molecule has 0 spiro atoms. The van der Waals surface area contributed by atoms with Crippen molar-refractivity contribution in [2.45, 2.75) is 301 Å². The first-order valence-corrected chi connectivity index (χ1v) is 44.3. The molecule has 7 heterocycles. The van der Waals surface area contributed by atoms with Gasteiger partial charge in [0.25, 0.3) is 0 Å². The summed E-state index contributed by atoms with van der Waals surface area (Å²) >= 11 is 0. The molecule has 13 nitrogen and oxygen atoms in total. The summed E-state index contributed by atoms with van der Waals surface area (Å²) in [7, 11) is -34.2. The van der Waals surface area contributed by atoms with Crippen molar-refractivity contribution in [3.05, 3.63) is 0 Å². The Morgan fingerprint density at radius 3 is 0.464 bits per heavy atom. The van der Waals surface area contributed by atoms with E-state index in [4.69, 9.17) is 45.3 Å². The summed E-state index contributed by atoms with van der Waals surface area (Å²) in [5, 5.41) is 0. The first kappa shape index (κ1) is 51.0. The van der Waals surface area contributed by atoms with Crippen LogP contribution in [0.1, 0.15) is 257 Å². The van der Waals surface area contributed by atoms with Crippen molar-refractivity contribution in [1.29, 1.82) is 0 Å². The Morgan fingerprint density at radius 2 is 0.304 bits per heavy atom. The van der Waals surface area contributed by atoms with Crippen LogP contribution >= 0.6 is 0 Å². The average Bonchev–Trinajstić information content (AvgIpc) is 3.39. The summed E-state index contributed by atoms with van der Waals surface area (Å²) in [4.78, 5) is 28.8. The number of fused-ring (bicyclic) bond motifs is 4. The number of hydrogen-bond acceptors (Lipinski definition) is 13. The predicted octanol–water partition coefficient (Wildman–Crippen LogP) is 13.4. The van der Waals surface area contributed by atoms with Crippen LogP contribution in [0.3, 0.4) is 0 Å². The molecule has 0 aromatic heterocycles. The third-order valence-electron chi connectivity index (χ3n) is 20.0. The summed E-state index contributed by atoms with van der Waals surface area (Å²) < 4.78 is 92.9. The van der Waals surface area contributed by atoms with E-state index in [0.29, 0.717) is 0 Å². The fourth-order valence-electron chi connectivity index (χ4n) is 16.1. The molecule has 6 unspecified atom stereocenters. The van der Waals surface area contributed by atoms with Gasteiger partial charge >= 0.3 is 70.4 Å². The van der Waals surface area contributed by atoms with Crippen LogP contribution in [-0.4, -0.2) is 80.0 Å². The first-order chi connectivity index (χ1) is 33.6. The highest BCUT2D eigenvalue weighted by atomic mass is 28.6. The molecule has 392 valence electrons. The lowest BCUT2D eigenvalue weighted by Crippen LogP contribution is -2.88. The van der Waals surface area contributed by atoms with E-state index in [1.54, 1.807) is 0 Å². The monoisotopic (exact) mass is 1100 g/mol. The Hall–Kier alpha value is 1.22. The average molecular weight is 1100 g/mol. The molecule has 15 aliphatic rings. The van der Waals surface area contributed by atoms with Crippen molar-refractivity contribution in [1.82, 2.24) is 0 Å². The molecule has 0 aromatic carbocycles. The van der Waals surface area contributed by atoms with Gasteiger partial charge in [-0.25, -0.2) is 0 Å². The molecule has 0 aromatic rings. The highest BCUT2D eigenvalue weighted by molar-refractivity contribution is 7.02. The Bertz CT molecular complexity index is 1570. The van der Waals surface area contributed by atoms with Gasteiger partial charge in [0.05, 0.1) is 0 Å². The quantitative estimate of drug-likeness (QED) is 0.223. The molecule has 15 fully saturated rings. The Balaban J connectivity index is 1.20. The summed E-state index contributed by atoms with van der Waals surface area (Å²) in [5.41, 5.74) is -0.892. The maximum Gasteiger partial charge on any atom is 0.486 e. The van der Waals surface area contributed by atoms with Crippen molar-refractivity contribution >= 4 is 70.4 Å².